The summed E-state index contributed by atoms with van der Waals surface area (Å²) in [6.07, 6.45) is 0. The van der Waals surface area contributed by atoms with Crippen LogP contribution in [0.3, 0.4) is 0 Å². The first-order chi connectivity index (χ1) is 19.4. The van der Waals surface area contributed by atoms with Gasteiger partial charge in [0.2, 0.25) is 0 Å². The molecule has 1 heterocycles. The van der Waals surface area contributed by atoms with Gasteiger partial charge in [-0.05, 0) is 30.0 Å². The third-order valence-electron chi connectivity index (χ3n) is 7.74. The Morgan fingerprint density at radius 3 is 1.49 bits per heavy atom. The minimum Gasteiger partial charge on any atom is -0.673 e. The van der Waals surface area contributed by atoms with Crippen molar-refractivity contribution in [1.29, 1.82) is 0 Å². The van der Waals surface area contributed by atoms with Crippen molar-refractivity contribution in [1.82, 2.24) is 4.98 Å². The van der Waals surface area contributed by atoms with Gasteiger partial charge in [0, 0.05) is 19.1 Å². The Hall–Kier alpha value is -3.08. The molecule has 4 aromatic carbocycles. The number of aromatic nitrogens is 1. The molecule has 0 saturated carbocycles. The van der Waals surface area contributed by atoms with Gasteiger partial charge in [-0.1, -0.05) is 170 Å². The van der Waals surface area contributed by atoms with Gasteiger partial charge in [0.25, 0.3) is 0 Å². The SMILES string of the molecule is [CH2-][Si](c1ccccc1)(c1ccccc1)c1cccc(C([N-]c2c(C(C)C)cccc2C(C)C)c2ccccc2)n1.[CH3-].[CH3-].[Hf+4]. The standard InChI is InChI=1S/C37H38N2Si.2CH3.Hf/c1-27(2)32-23-15-24-33(28(3)4)37(32)39-36(29-17-9-6-10-18-29)34-25-16-26-35(38-34)40(5,30-19-11-7-12-20-30)31-21-13-8-14-22-31;;;/h6-28,36H,5H2,1-4H3;2*1H3;/q-2;2*-1;+4. The van der Waals surface area contributed by atoms with E-state index >= 15 is 0 Å². The van der Waals surface area contributed by atoms with E-state index < -0.39 is 8.07 Å². The Morgan fingerprint density at radius 1 is 0.581 bits per heavy atom. The van der Waals surface area contributed by atoms with Crippen molar-refractivity contribution in [3.05, 3.63) is 176 Å². The molecule has 0 radical (unpaired) electrons. The van der Waals surface area contributed by atoms with Crippen LogP contribution in [0.1, 0.15) is 68.0 Å². The molecule has 1 unspecified atom stereocenters. The zero-order chi connectivity index (χ0) is 28.1. The van der Waals surface area contributed by atoms with Crippen LogP contribution in [0.4, 0.5) is 5.69 Å². The van der Waals surface area contributed by atoms with E-state index in [0.717, 1.165) is 22.3 Å². The largest absolute Gasteiger partial charge is 4.00 e. The molecule has 218 valence electrons. The van der Waals surface area contributed by atoms with Crippen LogP contribution in [0.2, 0.25) is 0 Å². The van der Waals surface area contributed by atoms with E-state index in [1.54, 1.807) is 0 Å². The second-order valence-corrected chi connectivity index (χ2v) is 14.6. The fraction of sp³-hybridized carbons (Fsp3) is 0.179. The Morgan fingerprint density at radius 2 is 1.02 bits per heavy atom. The second-order valence-electron chi connectivity index (χ2n) is 11.1. The molecule has 2 nitrogen and oxygen atoms in total. The maximum atomic E-state index is 5.54. The number of hydrogen-bond donors (Lipinski definition) is 0. The molecular formula is C39H44HfN2Si. The van der Waals surface area contributed by atoms with E-state index in [2.05, 4.69) is 155 Å². The minimum absolute atomic E-state index is 0. The summed E-state index contributed by atoms with van der Waals surface area (Å²) in [5, 5.41) is 9.07. The number of para-hydroxylation sites is 1. The third kappa shape index (κ3) is 7.71. The monoisotopic (exact) mass is 748 g/mol. The zero-order valence-electron chi connectivity index (χ0n) is 26.5. The third-order valence-corrected chi connectivity index (χ3v) is 11.5. The number of benzene rings is 4. The number of hydrogen-bond acceptors (Lipinski definition) is 1. The van der Waals surface area contributed by atoms with Crippen molar-refractivity contribution >= 4 is 29.5 Å². The van der Waals surface area contributed by atoms with Crippen molar-refractivity contribution in [3.8, 4) is 0 Å². The molecule has 0 spiro atoms. The van der Waals surface area contributed by atoms with Crippen molar-refractivity contribution in [3.63, 3.8) is 0 Å². The van der Waals surface area contributed by atoms with Crippen LogP contribution in [0.25, 0.3) is 5.32 Å². The summed E-state index contributed by atoms with van der Waals surface area (Å²) < 4.78 is 0. The van der Waals surface area contributed by atoms with Crippen LogP contribution in [-0.4, -0.2) is 13.1 Å². The van der Waals surface area contributed by atoms with E-state index in [4.69, 9.17) is 16.8 Å². The first-order valence-corrected chi connectivity index (χ1v) is 16.4. The first kappa shape index (κ1) is 36.1. The zero-order valence-corrected chi connectivity index (χ0v) is 31.1. The summed E-state index contributed by atoms with van der Waals surface area (Å²) in [7, 11) is -2.61. The van der Waals surface area contributed by atoms with Crippen molar-refractivity contribution in [2.45, 2.75) is 45.6 Å². The molecule has 1 aromatic heterocycles. The van der Waals surface area contributed by atoms with Gasteiger partial charge in [-0.25, -0.2) is 0 Å². The first-order valence-electron chi connectivity index (χ1n) is 14.2. The quantitative estimate of drug-likeness (QED) is 0.109. The molecule has 1 atom stereocenters. The maximum Gasteiger partial charge on any atom is 4.00 e. The molecule has 0 bridgehead atoms. The molecule has 5 aromatic rings. The van der Waals surface area contributed by atoms with Crippen LogP contribution >= 0.6 is 0 Å². The summed E-state index contributed by atoms with van der Waals surface area (Å²) >= 11 is 0. The molecular weight excluding hydrogens is 703 g/mol. The fourth-order valence-electron chi connectivity index (χ4n) is 5.49. The van der Waals surface area contributed by atoms with Gasteiger partial charge in [-0.2, -0.15) is 0 Å². The molecule has 4 heteroatoms. The Bertz CT molecular complexity index is 1470. The van der Waals surface area contributed by atoms with Crippen LogP contribution in [0, 0.1) is 21.4 Å². The van der Waals surface area contributed by atoms with Crippen molar-refractivity contribution in [2.75, 3.05) is 0 Å². The number of rotatable bonds is 9. The number of nitrogens with zero attached hydrogens (tertiary/aromatic N) is 2. The van der Waals surface area contributed by atoms with E-state index in [0.29, 0.717) is 11.8 Å². The molecule has 0 N–H and O–H groups in total. The Balaban J connectivity index is 0.00000215. The normalized spacial score (nSPS) is 11.6. The van der Waals surface area contributed by atoms with Gasteiger partial charge in [0.15, 0.2) is 0 Å². The smallest absolute Gasteiger partial charge is 0.673 e. The van der Waals surface area contributed by atoms with Crippen LogP contribution in [0.5, 0.6) is 0 Å². The van der Waals surface area contributed by atoms with E-state index in [1.807, 2.05) is 0 Å². The second kappa shape index (κ2) is 16.1. The van der Waals surface area contributed by atoms with E-state index in [9.17, 15) is 0 Å². The van der Waals surface area contributed by atoms with E-state index in [1.165, 1.54) is 21.5 Å². The molecule has 0 aliphatic rings. The summed E-state index contributed by atoms with van der Waals surface area (Å²) in [4.78, 5) is 5.43. The average Bonchev–Trinajstić information content (AvgIpc) is 3.00. The van der Waals surface area contributed by atoms with Gasteiger partial charge >= 0.3 is 25.8 Å². The summed E-state index contributed by atoms with van der Waals surface area (Å²) in [6, 6.07) is 44.7. The van der Waals surface area contributed by atoms with Crippen LogP contribution in [-0.2, 0) is 25.8 Å². The maximum absolute atomic E-state index is 5.54. The fourth-order valence-corrected chi connectivity index (χ4v) is 8.63. The predicted octanol–water partition coefficient (Wildman–Crippen LogP) is 8.86. The van der Waals surface area contributed by atoms with Gasteiger partial charge < -0.3 is 26.7 Å². The molecule has 0 amide bonds. The Kier molecular flexibility index (Phi) is 13.5. The topological polar surface area (TPSA) is 27.0 Å². The number of pyridine rings is 1. The molecule has 0 fully saturated rings. The van der Waals surface area contributed by atoms with Gasteiger partial charge in [-0.3, -0.25) is 4.98 Å². The molecule has 0 aliphatic heterocycles. The van der Waals surface area contributed by atoms with Crippen LogP contribution < -0.4 is 15.7 Å². The van der Waals surface area contributed by atoms with E-state index in [-0.39, 0.29) is 46.7 Å². The minimum atomic E-state index is -2.61. The van der Waals surface area contributed by atoms with Crippen LogP contribution in [0.15, 0.2) is 127 Å². The molecule has 0 saturated heterocycles. The predicted molar refractivity (Wildman–Crippen MR) is 186 cm³/mol. The van der Waals surface area contributed by atoms with Crippen molar-refractivity contribution in [2.24, 2.45) is 0 Å². The molecule has 0 aliphatic carbocycles. The summed E-state index contributed by atoms with van der Waals surface area (Å²) in [6.45, 7) is 13.9. The Labute approximate surface area is 280 Å². The summed E-state index contributed by atoms with van der Waals surface area (Å²) in [5.74, 6) is 0.730. The molecule has 43 heavy (non-hydrogen) atoms. The van der Waals surface area contributed by atoms with Gasteiger partial charge in [-0.15, -0.1) is 5.69 Å². The average molecular weight is 747 g/mol. The van der Waals surface area contributed by atoms with Gasteiger partial charge in [0.1, 0.15) is 0 Å². The summed E-state index contributed by atoms with van der Waals surface area (Å²) in [5.41, 5.74) is 5.73. The molecule has 5 rings (SSSR count). The van der Waals surface area contributed by atoms with Crippen molar-refractivity contribution < 1.29 is 25.8 Å². The van der Waals surface area contributed by atoms with Gasteiger partial charge in [0.05, 0.1) is 0 Å².